The minimum atomic E-state index is -5.08. The zero-order valence-corrected chi connectivity index (χ0v) is 18.5. The first-order valence-electron chi connectivity index (χ1n) is 9.49. The van der Waals surface area contributed by atoms with Gasteiger partial charge in [0.1, 0.15) is 0 Å². The van der Waals surface area contributed by atoms with E-state index in [0.717, 1.165) is 11.4 Å². The van der Waals surface area contributed by atoms with E-state index in [1.54, 1.807) is 22.3 Å². The Kier molecular flexibility index (Phi) is 6.63. The summed E-state index contributed by atoms with van der Waals surface area (Å²) < 4.78 is 57.8. The maximum absolute atomic E-state index is 12.9. The molecule has 1 fully saturated rings. The first kappa shape index (κ1) is 24.1. The van der Waals surface area contributed by atoms with E-state index in [1.807, 2.05) is 29.0 Å². The molecule has 2 aromatic heterocycles. The van der Waals surface area contributed by atoms with E-state index in [0.29, 0.717) is 31.6 Å². The van der Waals surface area contributed by atoms with Crippen LogP contribution in [0.15, 0.2) is 35.2 Å². The Hall–Kier alpha value is -2.51. The molecule has 1 spiro atoms. The summed E-state index contributed by atoms with van der Waals surface area (Å²) in [5, 5.41) is 10.8. The minimum Gasteiger partial charge on any atom is -0.475 e. The molecule has 4 heterocycles. The fourth-order valence-corrected chi connectivity index (χ4v) is 5.59. The molecule has 1 unspecified atom stereocenters. The zero-order chi connectivity index (χ0) is 23.7. The van der Waals surface area contributed by atoms with Gasteiger partial charge in [0.25, 0.3) is 5.91 Å². The Morgan fingerprint density at radius 2 is 1.97 bits per heavy atom. The van der Waals surface area contributed by atoms with Crippen molar-refractivity contribution < 1.29 is 36.3 Å². The highest BCUT2D eigenvalue weighted by Gasteiger charge is 2.51. The van der Waals surface area contributed by atoms with Gasteiger partial charge in [-0.25, -0.2) is 17.5 Å². The number of anilines is 1. The second-order valence-electron chi connectivity index (χ2n) is 7.34. The average molecular weight is 492 g/mol. The molecule has 0 aliphatic carbocycles. The number of rotatable bonds is 3. The van der Waals surface area contributed by atoms with Gasteiger partial charge in [0.05, 0.1) is 22.7 Å². The third kappa shape index (κ3) is 4.64. The van der Waals surface area contributed by atoms with Crippen LogP contribution in [0.2, 0.25) is 0 Å². The van der Waals surface area contributed by atoms with Crippen LogP contribution < -0.4 is 4.90 Å². The summed E-state index contributed by atoms with van der Waals surface area (Å²) in [7, 11) is -3.24. The number of sulfonamides is 1. The number of hydrogen-bond donors (Lipinski definition) is 1. The summed E-state index contributed by atoms with van der Waals surface area (Å²) in [6, 6.07) is 5.54. The first-order chi connectivity index (χ1) is 14.9. The lowest BCUT2D eigenvalue weighted by Crippen LogP contribution is -2.40. The van der Waals surface area contributed by atoms with Crippen molar-refractivity contribution in [1.29, 1.82) is 0 Å². The van der Waals surface area contributed by atoms with Crippen LogP contribution in [0.3, 0.4) is 0 Å². The summed E-state index contributed by atoms with van der Waals surface area (Å²) in [4.78, 5) is 28.1. The monoisotopic (exact) mass is 491 g/mol. The maximum atomic E-state index is 12.9. The van der Waals surface area contributed by atoms with Crippen molar-refractivity contribution in [3.05, 3.63) is 46.4 Å². The largest absolute Gasteiger partial charge is 0.490 e. The predicted molar refractivity (Wildman–Crippen MR) is 111 cm³/mol. The van der Waals surface area contributed by atoms with Gasteiger partial charge in [-0.3, -0.25) is 9.78 Å². The first-order valence-corrected chi connectivity index (χ1v) is 12.0. The van der Waals surface area contributed by atoms with Gasteiger partial charge in [-0.15, -0.1) is 0 Å². The van der Waals surface area contributed by atoms with Crippen molar-refractivity contribution >= 4 is 38.9 Å². The Labute approximate surface area is 186 Å². The highest BCUT2D eigenvalue weighted by atomic mass is 32.2. The Balaban J connectivity index is 0.000000360. The van der Waals surface area contributed by atoms with Gasteiger partial charge in [-0.1, -0.05) is 0 Å². The highest BCUT2D eigenvalue weighted by Crippen LogP contribution is 2.46. The number of aliphatic carboxylic acids is 1. The van der Waals surface area contributed by atoms with Crippen LogP contribution in [0.5, 0.6) is 0 Å². The molecular formula is C19H20F3N3O5S2. The van der Waals surface area contributed by atoms with E-state index in [2.05, 4.69) is 4.98 Å². The molecule has 1 amide bonds. The van der Waals surface area contributed by atoms with Crippen LogP contribution in [0.25, 0.3) is 0 Å². The van der Waals surface area contributed by atoms with Crippen molar-refractivity contribution in [3.8, 4) is 0 Å². The van der Waals surface area contributed by atoms with Crippen molar-refractivity contribution in [2.75, 3.05) is 30.3 Å². The van der Waals surface area contributed by atoms with E-state index < -0.39 is 27.6 Å². The topological polar surface area (TPSA) is 108 Å². The molecule has 1 N–H and O–H groups in total. The summed E-state index contributed by atoms with van der Waals surface area (Å²) >= 11 is 1.49. The van der Waals surface area contributed by atoms with Gasteiger partial charge >= 0.3 is 12.1 Å². The summed E-state index contributed by atoms with van der Waals surface area (Å²) in [6.45, 7) is 3.00. The number of alkyl halides is 3. The van der Waals surface area contributed by atoms with Gasteiger partial charge < -0.3 is 10.0 Å². The number of halogens is 3. The van der Waals surface area contributed by atoms with E-state index in [4.69, 9.17) is 9.90 Å². The molecule has 0 radical (unpaired) electrons. The number of thiophene rings is 1. The lowest BCUT2D eigenvalue weighted by molar-refractivity contribution is -0.192. The Morgan fingerprint density at radius 3 is 2.53 bits per heavy atom. The molecule has 32 heavy (non-hydrogen) atoms. The fourth-order valence-electron chi connectivity index (χ4n) is 3.79. The molecule has 0 saturated carbocycles. The van der Waals surface area contributed by atoms with Gasteiger partial charge in [0.2, 0.25) is 10.0 Å². The number of hydrogen-bond acceptors (Lipinski definition) is 6. The standard InChI is InChI=1S/C17H19N3O3S2.C2HF3O2/c1-2-25(22,23)19-8-6-17(11-19)12-20(14-4-3-7-18-15(14)17)16(21)13-5-9-24-10-13;3-2(4,5)1(6)7/h3-5,7,9-10H,2,6,8,11-12H2,1H3;(H,6,7). The van der Waals surface area contributed by atoms with Crippen molar-refractivity contribution in [1.82, 2.24) is 9.29 Å². The third-order valence-corrected chi connectivity index (χ3v) is 7.88. The number of carboxylic acid groups (broad SMARTS) is 1. The lowest BCUT2D eigenvalue weighted by atomic mass is 9.85. The number of aromatic nitrogens is 1. The van der Waals surface area contributed by atoms with Crippen molar-refractivity contribution in [2.45, 2.75) is 24.9 Å². The average Bonchev–Trinajstić information content (AvgIpc) is 3.48. The number of pyridine rings is 1. The van der Waals surface area contributed by atoms with Crippen molar-refractivity contribution in [2.24, 2.45) is 0 Å². The van der Waals surface area contributed by atoms with Crippen LogP contribution in [-0.4, -0.2) is 66.3 Å². The lowest BCUT2D eigenvalue weighted by Gasteiger charge is -2.24. The smallest absolute Gasteiger partial charge is 0.475 e. The third-order valence-electron chi connectivity index (χ3n) is 5.37. The van der Waals surface area contributed by atoms with Gasteiger partial charge in [-0.05, 0) is 36.9 Å². The van der Waals surface area contributed by atoms with Gasteiger partial charge in [0.15, 0.2) is 0 Å². The van der Waals surface area contributed by atoms with Crippen LogP contribution in [0, 0.1) is 0 Å². The molecule has 2 aliphatic heterocycles. The number of fused-ring (bicyclic) bond motifs is 2. The number of carboxylic acids is 1. The summed E-state index contributed by atoms with van der Waals surface area (Å²) in [5.74, 6) is -2.72. The normalized spacial score (nSPS) is 20.7. The van der Waals surface area contributed by atoms with E-state index in [9.17, 15) is 26.4 Å². The summed E-state index contributed by atoms with van der Waals surface area (Å²) in [5.41, 5.74) is 1.89. The predicted octanol–water partition coefficient (Wildman–Crippen LogP) is 2.73. The molecule has 4 rings (SSSR count). The molecular weight excluding hydrogens is 471 g/mol. The van der Waals surface area contributed by atoms with Crippen LogP contribution in [0.4, 0.5) is 18.9 Å². The van der Waals surface area contributed by atoms with Gasteiger partial charge in [-0.2, -0.15) is 24.5 Å². The number of amides is 1. The van der Waals surface area contributed by atoms with E-state index >= 15 is 0 Å². The van der Waals surface area contributed by atoms with Crippen LogP contribution >= 0.6 is 11.3 Å². The molecule has 174 valence electrons. The maximum Gasteiger partial charge on any atom is 0.490 e. The minimum absolute atomic E-state index is 0.0517. The molecule has 1 saturated heterocycles. The fraction of sp³-hybridized carbons (Fsp3) is 0.421. The molecule has 2 aromatic rings. The van der Waals surface area contributed by atoms with E-state index in [-0.39, 0.29) is 11.7 Å². The Bertz CT molecular complexity index is 1110. The molecule has 13 heteroatoms. The van der Waals surface area contributed by atoms with Gasteiger partial charge in [0, 0.05) is 36.6 Å². The zero-order valence-electron chi connectivity index (χ0n) is 16.9. The molecule has 8 nitrogen and oxygen atoms in total. The highest BCUT2D eigenvalue weighted by molar-refractivity contribution is 7.89. The second kappa shape index (κ2) is 8.79. The van der Waals surface area contributed by atoms with Crippen LogP contribution in [-0.2, 0) is 20.2 Å². The summed E-state index contributed by atoms with van der Waals surface area (Å²) in [6.07, 6.45) is -2.68. The second-order valence-corrected chi connectivity index (χ2v) is 10.4. The number of carbonyl (C=O) groups is 2. The quantitative estimate of drug-likeness (QED) is 0.708. The SMILES string of the molecule is CCS(=O)(=O)N1CCC2(CN(C(=O)c3ccsc3)c3cccnc32)C1.O=C(O)C(F)(F)F. The Morgan fingerprint density at radius 1 is 1.28 bits per heavy atom. The molecule has 2 aliphatic rings. The molecule has 1 atom stereocenters. The number of carbonyl (C=O) groups excluding carboxylic acids is 1. The molecule has 0 bridgehead atoms. The van der Waals surface area contributed by atoms with Crippen LogP contribution in [0.1, 0.15) is 29.4 Å². The number of nitrogens with zero attached hydrogens (tertiary/aromatic N) is 3. The van der Waals surface area contributed by atoms with E-state index in [1.165, 1.54) is 11.3 Å². The molecule has 0 aromatic carbocycles. The van der Waals surface area contributed by atoms with Crippen molar-refractivity contribution in [3.63, 3.8) is 0 Å².